The van der Waals surface area contributed by atoms with Crippen LogP contribution >= 0.6 is 0 Å². The van der Waals surface area contributed by atoms with E-state index in [9.17, 15) is 15.0 Å². The lowest BCUT2D eigenvalue weighted by Gasteiger charge is -2.37. The Labute approximate surface area is 81.9 Å². The standard InChI is InChI=1S/C8H16N2O4/c1-4(12)10-8-7(14)6(13)5(3-11)2-9-8/h5-9,11,13-14H,2-3H2,1H3,(H,10,12). The van der Waals surface area contributed by atoms with Crippen molar-refractivity contribution in [1.82, 2.24) is 10.6 Å². The molecule has 4 atom stereocenters. The first-order valence-electron chi connectivity index (χ1n) is 4.53. The first kappa shape index (κ1) is 11.4. The van der Waals surface area contributed by atoms with Crippen LogP contribution in [0.4, 0.5) is 0 Å². The van der Waals surface area contributed by atoms with E-state index in [-0.39, 0.29) is 12.5 Å². The van der Waals surface area contributed by atoms with Crippen molar-refractivity contribution in [3.05, 3.63) is 0 Å². The molecule has 0 spiro atoms. The molecule has 0 radical (unpaired) electrons. The average Bonchev–Trinajstić information content (AvgIpc) is 2.13. The highest BCUT2D eigenvalue weighted by molar-refractivity contribution is 5.73. The smallest absolute Gasteiger partial charge is 0.218 e. The number of carbonyl (C=O) groups excluding carboxylic acids is 1. The minimum atomic E-state index is -1.09. The summed E-state index contributed by atoms with van der Waals surface area (Å²) in [5.41, 5.74) is 0. The zero-order valence-electron chi connectivity index (χ0n) is 7.97. The van der Waals surface area contributed by atoms with E-state index in [1.165, 1.54) is 6.92 Å². The molecular formula is C8H16N2O4. The quantitative estimate of drug-likeness (QED) is 0.339. The fourth-order valence-electron chi connectivity index (χ4n) is 1.52. The van der Waals surface area contributed by atoms with E-state index in [2.05, 4.69) is 10.6 Å². The van der Waals surface area contributed by atoms with Gasteiger partial charge in [0.25, 0.3) is 0 Å². The lowest BCUT2D eigenvalue weighted by Crippen LogP contribution is -2.64. The molecule has 82 valence electrons. The monoisotopic (exact) mass is 204 g/mol. The highest BCUT2D eigenvalue weighted by Crippen LogP contribution is 2.14. The van der Waals surface area contributed by atoms with Crippen LogP contribution in [0, 0.1) is 5.92 Å². The van der Waals surface area contributed by atoms with E-state index in [1.54, 1.807) is 0 Å². The van der Waals surface area contributed by atoms with Gasteiger partial charge in [0.05, 0.1) is 6.10 Å². The highest BCUT2D eigenvalue weighted by Gasteiger charge is 2.36. The molecule has 1 aliphatic heterocycles. The second-order valence-corrected chi connectivity index (χ2v) is 3.51. The number of piperidine rings is 1. The Bertz CT molecular complexity index is 212. The molecule has 1 rings (SSSR count). The largest absolute Gasteiger partial charge is 0.396 e. The number of hydrogen-bond acceptors (Lipinski definition) is 5. The highest BCUT2D eigenvalue weighted by atomic mass is 16.3. The molecule has 1 heterocycles. The van der Waals surface area contributed by atoms with Crippen LogP contribution in [0.3, 0.4) is 0 Å². The normalized spacial score (nSPS) is 38.0. The molecule has 0 aromatic heterocycles. The predicted molar refractivity (Wildman–Crippen MR) is 48.2 cm³/mol. The lowest BCUT2D eigenvalue weighted by atomic mass is 9.92. The number of amides is 1. The Hall–Kier alpha value is -0.690. The summed E-state index contributed by atoms with van der Waals surface area (Å²) in [6, 6.07) is 0. The predicted octanol–water partition coefficient (Wildman–Crippen LogP) is -2.62. The molecule has 5 N–H and O–H groups in total. The van der Waals surface area contributed by atoms with Gasteiger partial charge in [0.15, 0.2) is 0 Å². The third kappa shape index (κ3) is 2.42. The van der Waals surface area contributed by atoms with Gasteiger partial charge >= 0.3 is 0 Å². The number of nitrogens with one attached hydrogen (secondary N) is 2. The molecule has 6 nitrogen and oxygen atoms in total. The summed E-state index contributed by atoms with van der Waals surface area (Å²) in [6.07, 6.45) is -2.76. The van der Waals surface area contributed by atoms with Gasteiger partial charge in [-0.1, -0.05) is 0 Å². The lowest BCUT2D eigenvalue weighted by molar-refractivity contribution is -0.124. The van der Waals surface area contributed by atoms with Crippen LogP contribution in [0.5, 0.6) is 0 Å². The average molecular weight is 204 g/mol. The summed E-state index contributed by atoms with van der Waals surface area (Å²) in [5, 5.41) is 33.2. The number of carbonyl (C=O) groups is 1. The topological polar surface area (TPSA) is 102 Å². The maximum Gasteiger partial charge on any atom is 0.218 e. The number of rotatable bonds is 2. The molecule has 0 aromatic carbocycles. The molecule has 1 aliphatic rings. The van der Waals surface area contributed by atoms with Gasteiger partial charge < -0.3 is 20.6 Å². The Morgan fingerprint density at radius 3 is 2.64 bits per heavy atom. The molecule has 0 saturated carbocycles. The van der Waals surface area contributed by atoms with Crippen molar-refractivity contribution in [2.24, 2.45) is 5.92 Å². The van der Waals surface area contributed by atoms with Crippen LogP contribution in [-0.4, -0.2) is 52.8 Å². The van der Waals surface area contributed by atoms with Gasteiger partial charge in [0.1, 0.15) is 12.3 Å². The van der Waals surface area contributed by atoms with E-state index < -0.39 is 24.3 Å². The van der Waals surface area contributed by atoms with E-state index >= 15 is 0 Å². The molecule has 6 heteroatoms. The van der Waals surface area contributed by atoms with Gasteiger partial charge in [0.2, 0.25) is 5.91 Å². The Balaban J connectivity index is 2.54. The van der Waals surface area contributed by atoms with Crippen LogP contribution in [0.15, 0.2) is 0 Å². The number of aliphatic hydroxyl groups is 3. The zero-order chi connectivity index (χ0) is 10.7. The summed E-state index contributed by atoms with van der Waals surface area (Å²) in [5.74, 6) is -0.675. The van der Waals surface area contributed by atoms with Crippen LogP contribution in [-0.2, 0) is 4.79 Å². The van der Waals surface area contributed by atoms with Gasteiger partial charge in [-0.15, -0.1) is 0 Å². The minimum Gasteiger partial charge on any atom is -0.396 e. The first-order valence-corrected chi connectivity index (χ1v) is 4.53. The van der Waals surface area contributed by atoms with Crippen LogP contribution < -0.4 is 10.6 Å². The molecule has 4 unspecified atom stereocenters. The Morgan fingerprint density at radius 2 is 2.14 bits per heavy atom. The van der Waals surface area contributed by atoms with E-state index in [0.29, 0.717) is 6.54 Å². The van der Waals surface area contributed by atoms with Crippen molar-refractivity contribution in [2.75, 3.05) is 13.2 Å². The van der Waals surface area contributed by atoms with Gasteiger partial charge in [0, 0.05) is 26.0 Å². The van der Waals surface area contributed by atoms with Crippen molar-refractivity contribution in [3.8, 4) is 0 Å². The maximum absolute atomic E-state index is 10.7. The van der Waals surface area contributed by atoms with Crippen molar-refractivity contribution in [3.63, 3.8) is 0 Å². The van der Waals surface area contributed by atoms with Gasteiger partial charge in [-0.3, -0.25) is 10.1 Å². The number of hydrogen-bond donors (Lipinski definition) is 5. The fraction of sp³-hybridized carbons (Fsp3) is 0.875. The Morgan fingerprint density at radius 1 is 1.50 bits per heavy atom. The number of aliphatic hydroxyl groups excluding tert-OH is 3. The zero-order valence-corrected chi connectivity index (χ0v) is 7.97. The van der Waals surface area contributed by atoms with Gasteiger partial charge in [-0.2, -0.15) is 0 Å². The summed E-state index contributed by atoms with van der Waals surface area (Å²) in [7, 11) is 0. The van der Waals surface area contributed by atoms with Crippen LogP contribution in [0.25, 0.3) is 0 Å². The van der Waals surface area contributed by atoms with E-state index in [1.807, 2.05) is 0 Å². The minimum absolute atomic E-state index is 0.196. The Kier molecular flexibility index (Phi) is 3.82. The van der Waals surface area contributed by atoms with E-state index in [4.69, 9.17) is 5.11 Å². The van der Waals surface area contributed by atoms with E-state index in [0.717, 1.165) is 0 Å². The van der Waals surface area contributed by atoms with Crippen LogP contribution in [0.1, 0.15) is 6.92 Å². The molecular weight excluding hydrogens is 188 g/mol. The van der Waals surface area contributed by atoms with Crippen molar-refractivity contribution in [1.29, 1.82) is 0 Å². The molecule has 1 fully saturated rings. The molecule has 0 aliphatic carbocycles. The molecule has 0 aromatic rings. The molecule has 1 saturated heterocycles. The van der Waals surface area contributed by atoms with Crippen molar-refractivity contribution >= 4 is 5.91 Å². The summed E-state index contributed by atoms with van der Waals surface area (Å²) < 4.78 is 0. The molecule has 14 heavy (non-hydrogen) atoms. The second-order valence-electron chi connectivity index (χ2n) is 3.51. The third-order valence-electron chi connectivity index (χ3n) is 2.37. The van der Waals surface area contributed by atoms with Crippen LogP contribution in [0.2, 0.25) is 0 Å². The van der Waals surface area contributed by atoms with Crippen molar-refractivity contribution in [2.45, 2.75) is 25.3 Å². The second kappa shape index (κ2) is 4.70. The summed E-state index contributed by atoms with van der Waals surface area (Å²) in [6.45, 7) is 1.50. The fourth-order valence-corrected chi connectivity index (χ4v) is 1.52. The third-order valence-corrected chi connectivity index (χ3v) is 2.37. The molecule has 1 amide bonds. The van der Waals surface area contributed by atoms with Gasteiger partial charge in [-0.25, -0.2) is 0 Å². The maximum atomic E-state index is 10.7. The first-order chi connectivity index (χ1) is 6.56. The molecule has 0 bridgehead atoms. The summed E-state index contributed by atoms with van der Waals surface area (Å²) in [4.78, 5) is 10.7. The van der Waals surface area contributed by atoms with Gasteiger partial charge in [-0.05, 0) is 0 Å². The SMILES string of the molecule is CC(=O)NC1NCC(CO)C(O)C1O. The summed E-state index contributed by atoms with van der Waals surface area (Å²) >= 11 is 0. The van der Waals surface area contributed by atoms with Crippen molar-refractivity contribution < 1.29 is 20.1 Å².